The summed E-state index contributed by atoms with van der Waals surface area (Å²) in [6.45, 7) is 8.43. The number of anilines is 1. The Labute approximate surface area is 210 Å². The highest BCUT2D eigenvalue weighted by Crippen LogP contribution is 2.34. The minimum Gasteiger partial charge on any atom is -0.493 e. The highest BCUT2D eigenvalue weighted by Gasteiger charge is 2.23. The van der Waals surface area contributed by atoms with E-state index < -0.39 is 11.5 Å². The average molecular weight is 496 g/mol. The molecule has 0 radical (unpaired) electrons. The van der Waals surface area contributed by atoms with Gasteiger partial charge in [0.05, 0.1) is 25.7 Å². The van der Waals surface area contributed by atoms with Crippen molar-refractivity contribution in [3.05, 3.63) is 52.9 Å². The van der Waals surface area contributed by atoms with Crippen LogP contribution in [0.25, 0.3) is 22.2 Å². The van der Waals surface area contributed by atoms with E-state index in [-0.39, 0.29) is 23.8 Å². The molecule has 0 bridgehead atoms. The van der Waals surface area contributed by atoms with Crippen LogP contribution in [0.3, 0.4) is 0 Å². The zero-order valence-corrected chi connectivity index (χ0v) is 21.4. The summed E-state index contributed by atoms with van der Waals surface area (Å²) in [5.74, 6) is 0.321. The number of hydrogen-bond donors (Lipinski definition) is 1. The molecule has 0 aliphatic rings. The molecule has 3 rings (SSSR count). The van der Waals surface area contributed by atoms with E-state index in [1.807, 2.05) is 25.1 Å². The predicted octanol–water partition coefficient (Wildman–Crippen LogP) is 5.01. The largest absolute Gasteiger partial charge is 0.493 e. The van der Waals surface area contributed by atoms with Gasteiger partial charge in [0, 0.05) is 30.1 Å². The molecule has 0 saturated heterocycles. The van der Waals surface area contributed by atoms with Gasteiger partial charge in [-0.05, 0) is 57.0 Å². The number of ether oxygens (including phenoxy) is 3. The molecule has 0 aliphatic heterocycles. The number of hydrogen-bond acceptors (Lipinski definition) is 7. The molecule has 0 aliphatic carbocycles. The molecule has 1 aromatic carbocycles. The number of methoxy groups -OCH3 is 1. The zero-order chi connectivity index (χ0) is 26.3. The van der Waals surface area contributed by atoms with Crippen LogP contribution in [0.4, 0.5) is 10.5 Å². The highest BCUT2D eigenvalue weighted by atomic mass is 16.5. The van der Waals surface area contributed by atoms with Crippen LogP contribution in [0.15, 0.2) is 47.4 Å². The van der Waals surface area contributed by atoms with E-state index in [4.69, 9.17) is 14.2 Å². The van der Waals surface area contributed by atoms with E-state index in [1.54, 1.807) is 49.7 Å². The van der Waals surface area contributed by atoms with E-state index in [9.17, 15) is 14.4 Å². The number of carbonyl (C=O) groups is 2. The third kappa shape index (κ3) is 6.21. The second-order valence-electron chi connectivity index (χ2n) is 9.31. The minimum atomic E-state index is -0.739. The molecule has 3 aromatic rings. The molecule has 36 heavy (non-hydrogen) atoms. The number of esters is 1. The van der Waals surface area contributed by atoms with Crippen molar-refractivity contribution in [2.24, 2.45) is 5.41 Å². The molecular formula is C27H33N3O6. The van der Waals surface area contributed by atoms with Crippen molar-refractivity contribution < 1.29 is 23.8 Å². The smallest absolute Gasteiger partial charge is 0.411 e. The number of benzene rings is 1. The Morgan fingerprint density at radius 1 is 1.11 bits per heavy atom. The molecule has 9 nitrogen and oxygen atoms in total. The van der Waals surface area contributed by atoms with Crippen molar-refractivity contribution >= 4 is 28.8 Å². The lowest BCUT2D eigenvalue weighted by Crippen LogP contribution is -2.27. The summed E-state index contributed by atoms with van der Waals surface area (Å²) in [4.78, 5) is 41.9. The normalized spacial score (nSPS) is 11.2. The van der Waals surface area contributed by atoms with E-state index in [0.29, 0.717) is 47.5 Å². The van der Waals surface area contributed by atoms with Crippen molar-refractivity contribution in [1.82, 2.24) is 9.55 Å². The Morgan fingerprint density at radius 3 is 2.58 bits per heavy atom. The first-order chi connectivity index (χ1) is 17.2. The fraction of sp³-hybridized carbons (Fsp3) is 0.407. The monoisotopic (exact) mass is 495 g/mol. The van der Waals surface area contributed by atoms with Crippen LogP contribution in [-0.4, -0.2) is 41.9 Å². The maximum absolute atomic E-state index is 13.5. The summed E-state index contributed by atoms with van der Waals surface area (Å²) in [7, 11) is 1.25. The van der Waals surface area contributed by atoms with Crippen molar-refractivity contribution in [2.45, 2.75) is 47.1 Å². The molecule has 0 unspecified atom stereocenters. The van der Waals surface area contributed by atoms with Gasteiger partial charge in [-0.15, -0.1) is 0 Å². The molecule has 9 heteroatoms. The van der Waals surface area contributed by atoms with Crippen LogP contribution in [-0.2, 0) is 20.8 Å². The Kier molecular flexibility index (Phi) is 8.68. The van der Waals surface area contributed by atoms with Gasteiger partial charge in [-0.2, -0.15) is 0 Å². The molecule has 192 valence electrons. The number of nitrogens with zero attached hydrogens (tertiary/aromatic N) is 2. The summed E-state index contributed by atoms with van der Waals surface area (Å²) in [5.41, 5.74) is 0.940. The number of amides is 1. The number of rotatable bonds is 9. The van der Waals surface area contributed by atoms with Crippen molar-refractivity contribution in [3.8, 4) is 16.9 Å². The lowest BCUT2D eigenvalue weighted by atomic mass is 9.97. The number of aryl methyl sites for hydroxylation is 1. The maximum atomic E-state index is 13.5. The molecule has 2 aromatic heterocycles. The number of aromatic nitrogens is 2. The molecule has 1 amide bonds. The summed E-state index contributed by atoms with van der Waals surface area (Å²) < 4.78 is 17.5. The molecule has 0 atom stereocenters. The third-order valence-electron chi connectivity index (χ3n) is 5.41. The fourth-order valence-corrected chi connectivity index (χ4v) is 3.65. The Morgan fingerprint density at radius 2 is 1.89 bits per heavy atom. The van der Waals surface area contributed by atoms with E-state index in [2.05, 4.69) is 10.3 Å². The van der Waals surface area contributed by atoms with Crippen LogP contribution in [0, 0.1) is 5.41 Å². The summed E-state index contributed by atoms with van der Waals surface area (Å²) in [5, 5.41) is 3.32. The van der Waals surface area contributed by atoms with Crippen LogP contribution in [0.5, 0.6) is 5.75 Å². The van der Waals surface area contributed by atoms with Gasteiger partial charge in [-0.1, -0.05) is 19.1 Å². The van der Waals surface area contributed by atoms with Gasteiger partial charge >= 0.3 is 12.1 Å². The fourth-order valence-electron chi connectivity index (χ4n) is 3.65. The zero-order valence-electron chi connectivity index (χ0n) is 21.4. The number of nitrogens with one attached hydrogen (secondary N) is 1. The number of carbonyl (C=O) groups excluding carboxylic acids is 2. The molecular weight excluding hydrogens is 462 g/mol. The van der Waals surface area contributed by atoms with E-state index >= 15 is 0 Å². The molecule has 0 fully saturated rings. The summed E-state index contributed by atoms with van der Waals surface area (Å²) in [6.07, 6.45) is 2.15. The Bertz CT molecular complexity index is 1290. The second-order valence-corrected chi connectivity index (χ2v) is 9.31. The van der Waals surface area contributed by atoms with E-state index in [1.165, 1.54) is 7.11 Å². The van der Waals surface area contributed by atoms with Gasteiger partial charge in [0.2, 0.25) is 0 Å². The first-order valence-corrected chi connectivity index (χ1v) is 11.9. The van der Waals surface area contributed by atoms with Crippen molar-refractivity contribution in [3.63, 3.8) is 0 Å². The summed E-state index contributed by atoms with van der Waals surface area (Å²) in [6, 6.07) is 10.9. The molecule has 1 N–H and O–H groups in total. The lowest BCUT2D eigenvalue weighted by Gasteiger charge is -2.18. The number of pyridine rings is 2. The maximum Gasteiger partial charge on any atom is 0.411 e. The quantitative estimate of drug-likeness (QED) is 0.328. The van der Waals surface area contributed by atoms with Gasteiger partial charge in [0.1, 0.15) is 17.1 Å². The van der Waals surface area contributed by atoms with Crippen LogP contribution in [0.2, 0.25) is 0 Å². The third-order valence-corrected chi connectivity index (χ3v) is 5.41. The lowest BCUT2D eigenvalue weighted by molar-refractivity contribution is -0.153. The van der Waals surface area contributed by atoms with Crippen molar-refractivity contribution in [1.29, 1.82) is 0 Å². The topological polar surface area (TPSA) is 109 Å². The first-order valence-electron chi connectivity index (χ1n) is 11.9. The van der Waals surface area contributed by atoms with Gasteiger partial charge in [0.25, 0.3) is 5.56 Å². The first kappa shape index (κ1) is 26.7. The Balaban J connectivity index is 1.94. The standard InChI is InChI=1S/C27H33N3O6/c1-6-14-30-23-20(12-8-13-28-23)21(22(24(30)31)29-26(33)34-5)18-10-7-11-19(17-18)35-15-9-16-36-25(32)27(2,3)4/h7-8,10-13,17H,6,9,14-16H2,1-5H3,(H,29,33). The van der Waals surface area contributed by atoms with Crippen LogP contribution >= 0.6 is 0 Å². The Hall–Kier alpha value is -3.88. The molecule has 0 spiro atoms. The second kappa shape index (κ2) is 11.7. The minimum absolute atomic E-state index is 0.113. The van der Waals surface area contributed by atoms with Gasteiger partial charge in [-0.3, -0.25) is 19.5 Å². The molecule has 0 saturated carbocycles. The number of fused-ring (bicyclic) bond motifs is 1. The van der Waals surface area contributed by atoms with Crippen LogP contribution in [0.1, 0.15) is 40.5 Å². The molecule has 2 heterocycles. The van der Waals surface area contributed by atoms with Crippen LogP contribution < -0.4 is 15.6 Å². The van der Waals surface area contributed by atoms with Gasteiger partial charge in [-0.25, -0.2) is 9.78 Å². The SMILES string of the molecule is CCCn1c(=O)c(NC(=O)OC)c(-c2cccc(OCCCOC(=O)C(C)(C)C)c2)c2cccnc21. The van der Waals surface area contributed by atoms with Crippen molar-refractivity contribution in [2.75, 3.05) is 25.6 Å². The van der Waals surface area contributed by atoms with E-state index in [0.717, 1.165) is 6.42 Å². The highest BCUT2D eigenvalue weighted by molar-refractivity contribution is 6.03. The average Bonchev–Trinajstić information content (AvgIpc) is 2.85. The van der Waals surface area contributed by atoms with Gasteiger partial charge in [0.15, 0.2) is 0 Å². The summed E-state index contributed by atoms with van der Waals surface area (Å²) >= 11 is 0. The van der Waals surface area contributed by atoms with Gasteiger partial charge < -0.3 is 14.2 Å². The predicted molar refractivity (Wildman–Crippen MR) is 138 cm³/mol.